The average molecular weight is 186 g/mol. The van der Waals surface area contributed by atoms with Crippen molar-refractivity contribution >= 4 is 5.71 Å². The third-order valence-electron chi connectivity index (χ3n) is 3.22. The molecule has 72 valence electrons. The van der Waals surface area contributed by atoms with Gasteiger partial charge in [0.15, 0.2) is 0 Å². The van der Waals surface area contributed by atoms with E-state index in [1.165, 1.54) is 36.2 Å². The van der Waals surface area contributed by atoms with E-state index in [0.29, 0.717) is 0 Å². The van der Waals surface area contributed by atoms with Crippen LogP contribution in [0.2, 0.25) is 0 Å². The molecule has 14 heavy (non-hydrogen) atoms. The van der Waals surface area contributed by atoms with Gasteiger partial charge in [-0.2, -0.15) is 0 Å². The Morgan fingerprint density at radius 3 is 3.29 bits per heavy atom. The van der Waals surface area contributed by atoms with Gasteiger partial charge in [-0.25, -0.2) is 0 Å². The minimum atomic E-state index is 0.735. The largest absolute Gasteiger partial charge is 0.364 e. The van der Waals surface area contributed by atoms with Crippen molar-refractivity contribution in [1.29, 1.82) is 0 Å². The van der Waals surface area contributed by atoms with Crippen LogP contribution in [-0.2, 0) is 0 Å². The van der Waals surface area contributed by atoms with Gasteiger partial charge in [-0.3, -0.25) is 4.99 Å². The predicted molar refractivity (Wildman–Crippen MR) is 58.1 cm³/mol. The minimum Gasteiger partial charge on any atom is -0.364 e. The van der Waals surface area contributed by atoms with Crippen molar-refractivity contribution in [2.75, 3.05) is 6.54 Å². The van der Waals surface area contributed by atoms with Crippen molar-refractivity contribution in [3.63, 3.8) is 0 Å². The second-order valence-corrected chi connectivity index (χ2v) is 4.05. The number of allylic oxidation sites excluding steroid dienone is 5. The monoisotopic (exact) mass is 186 g/mol. The van der Waals surface area contributed by atoms with E-state index < -0.39 is 0 Å². The molecule has 1 unspecified atom stereocenters. The summed E-state index contributed by atoms with van der Waals surface area (Å²) < 4.78 is 0. The SMILES string of the molecule is C1=CNC2=C(C=C1)C1=NCCC1CC2. The van der Waals surface area contributed by atoms with Crippen molar-refractivity contribution in [2.24, 2.45) is 10.9 Å². The quantitative estimate of drug-likeness (QED) is 0.616. The van der Waals surface area contributed by atoms with Crippen molar-refractivity contribution in [3.05, 3.63) is 35.7 Å². The second kappa shape index (κ2) is 3.12. The lowest BCUT2D eigenvalue weighted by Gasteiger charge is -2.23. The first-order chi connectivity index (χ1) is 6.95. The van der Waals surface area contributed by atoms with E-state index in [1.54, 1.807) is 0 Å². The fourth-order valence-electron chi connectivity index (χ4n) is 2.49. The third kappa shape index (κ3) is 1.14. The standard InChI is InChI=1S/C12H14N2/c1-2-7-13-11-5-4-9-6-8-14-12(9)10(11)3-1/h1-3,7,9,13H,4-6,8H2. The van der Waals surface area contributed by atoms with Gasteiger partial charge in [0.05, 0.1) is 0 Å². The molecule has 2 aliphatic heterocycles. The van der Waals surface area contributed by atoms with Crippen molar-refractivity contribution < 1.29 is 0 Å². The van der Waals surface area contributed by atoms with E-state index in [2.05, 4.69) is 22.5 Å². The van der Waals surface area contributed by atoms with Crippen LogP contribution in [0.3, 0.4) is 0 Å². The van der Waals surface area contributed by atoms with E-state index >= 15 is 0 Å². The van der Waals surface area contributed by atoms with E-state index in [-0.39, 0.29) is 0 Å². The van der Waals surface area contributed by atoms with E-state index in [9.17, 15) is 0 Å². The maximum Gasteiger partial charge on any atom is 0.0469 e. The highest BCUT2D eigenvalue weighted by Crippen LogP contribution is 2.33. The zero-order valence-corrected chi connectivity index (χ0v) is 8.16. The molecule has 0 aromatic heterocycles. The Labute approximate surface area is 84.1 Å². The highest BCUT2D eigenvalue weighted by molar-refractivity contribution is 6.06. The number of rotatable bonds is 0. The summed E-state index contributed by atoms with van der Waals surface area (Å²) in [6, 6.07) is 0. The van der Waals surface area contributed by atoms with Gasteiger partial charge in [0.1, 0.15) is 0 Å². The Balaban J connectivity index is 2.05. The van der Waals surface area contributed by atoms with Crippen LogP contribution in [0.15, 0.2) is 40.7 Å². The molecule has 1 aliphatic carbocycles. The highest BCUT2D eigenvalue weighted by Gasteiger charge is 2.29. The summed E-state index contributed by atoms with van der Waals surface area (Å²) in [5, 5.41) is 3.35. The van der Waals surface area contributed by atoms with Gasteiger partial charge in [0.2, 0.25) is 0 Å². The number of nitrogens with one attached hydrogen (secondary N) is 1. The van der Waals surface area contributed by atoms with E-state index in [4.69, 9.17) is 0 Å². The summed E-state index contributed by atoms with van der Waals surface area (Å²) in [6.45, 7) is 1.03. The molecule has 0 amide bonds. The first kappa shape index (κ1) is 8.04. The fourth-order valence-corrected chi connectivity index (χ4v) is 2.49. The van der Waals surface area contributed by atoms with Crippen LogP contribution >= 0.6 is 0 Å². The summed E-state index contributed by atoms with van der Waals surface area (Å²) in [5.41, 5.74) is 4.05. The molecule has 3 aliphatic rings. The molecule has 2 heterocycles. The highest BCUT2D eigenvalue weighted by atomic mass is 14.9. The molecule has 1 atom stereocenters. The molecule has 1 N–H and O–H groups in total. The summed E-state index contributed by atoms with van der Waals surface area (Å²) in [7, 11) is 0. The predicted octanol–water partition coefficient (Wildman–Crippen LogP) is 2.17. The fraction of sp³-hybridized carbons (Fsp3) is 0.417. The second-order valence-electron chi connectivity index (χ2n) is 4.05. The smallest absolute Gasteiger partial charge is 0.0469 e. The number of hydrogen-bond acceptors (Lipinski definition) is 2. The first-order valence-electron chi connectivity index (χ1n) is 5.33. The minimum absolute atomic E-state index is 0.735. The van der Waals surface area contributed by atoms with Crippen LogP contribution in [0.5, 0.6) is 0 Å². The number of aliphatic imine (C=N–C) groups is 1. The molecule has 0 saturated heterocycles. The van der Waals surface area contributed by atoms with Crippen molar-refractivity contribution in [1.82, 2.24) is 5.32 Å². The normalized spacial score (nSPS) is 29.1. The van der Waals surface area contributed by atoms with Gasteiger partial charge >= 0.3 is 0 Å². The molecule has 0 radical (unpaired) electrons. The summed E-state index contributed by atoms with van der Waals surface area (Å²) in [6.07, 6.45) is 12.0. The first-order valence-corrected chi connectivity index (χ1v) is 5.33. The molecule has 0 aromatic carbocycles. The molecular formula is C12H14N2. The van der Waals surface area contributed by atoms with Crippen LogP contribution in [0, 0.1) is 5.92 Å². The molecule has 2 nitrogen and oxygen atoms in total. The summed E-state index contributed by atoms with van der Waals surface area (Å²) >= 11 is 0. The summed E-state index contributed by atoms with van der Waals surface area (Å²) in [5.74, 6) is 0.735. The van der Waals surface area contributed by atoms with Crippen molar-refractivity contribution in [3.8, 4) is 0 Å². The van der Waals surface area contributed by atoms with Gasteiger partial charge in [-0.15, -0.1) is 0 Å². The Hall–Kier alpha value is -1.31. The van der Waals surface area contributed by atoms with E-state index in [0.717, 1.165) is 12.5 Å². The Kier molecular flexibility index (Phi) is 1.79. The lowest BCUT2D eigenvalue weighted by Crippen LogP contribution is -2.23. The van der Waals surface area contributed by atoms with E-state index in [1.807, 2.05) is 12.3 Å². The molecule has 0 aromatic rings. The molecule has 0 spiro atoms. The van der Waals surface area contributed by atoms with Crippen LogP contribution in [-0.4, -0.2) is 12.3 Å². The van der Waals surface area contributed by atoms with Crippen LogP contribution < -0.4 is 5.32 Å². The summed E-state index contributed by atoms with van der Waals surface area (Å²) in [4.78, 5) is 4.62. The van der Waals surface area contributed by atoms with Crippen molar-refractivity contribution in [2.45, 2.75) is 19.3 Å². The van der Waals surface area contributed by atoms with Gasteiger partial charge in [0, 0.05) is 35.6 Å². The molecule has 3 rings (SSSR count). The van der Waals surface area contributed by atoms with Crippen LogP contribution in [0.1, 0.15) is 19.3 Å². The van der Waals surface area contributed by atoms with Crippen LogP contribution in [0.4, 0.5) is 0 Å². The number of nitrogens with zero attached hydrogens (tertiary/aromatic N) is 1. The molecule has 2 heteroatoms. The van der Waals surface area contributed by atoms with Crippen LogP contribution in [0.25, 0.3) is 0 Å². The third-order valence-corrected chi connectivity index (χ3v) is 3.22. The lowest BCUT2D eigenvalue weighted by molar-refractivity contribution is 0.592. The molecule has 0 fully saturated rings. The maximum atomic E-state index is 4.62. The van der Waals surface area contributed by atoms with Gasteiger partial charge in [-0.05, 0) is 25.3 Å². The number of fused-ring (bicyclic) bond motifs is 2. The van der Waals surface area contributed by atoms with Gasteiger partial charge in [0.25, 0.3) is 0 Å². The Morgan fingerprint density at radius 1 is 1.29 bits per heavy atom. The maximum absolute atomic E-state index is 4.62. The number of hydrogen-bond donors (Lipinski definition) is 1. The Bertz CT molecular complexity index is 372. The zero-order chi connectivity index (χ0) is 9.38. The van der Waals surface area contributed by atoms with Gasteiger partial charge < -0.3 is 5.32 Å². The van der Waals surface area contributed by atoms with Gasteiger partial charge in [-0.1, -0.05) is 12.2 Å². The molecule has 0 bridgehead atoms. The topological polar surface area (TPSA) is 24.4 Å². The molecule has 0 saturated carbocycles. The Morgan fingerprint density at radius 2 is 2.29 bits per heavy atom. The molecular weight excluding hydrogens is 172 g/mol. The average Bonchev–Trinajstić information content (AvgIpc) is 2.55. The zero-order valence-electron chi connectivity index (χ0n) is 8.16. The lowest BCUT2D eigenvalue weighted by atomic mass is 9.84.